The Labute approximate surface area is 146 Å². The number of halogens is 4. The van der Waals surface area contributed by atoms with E-state index in [0.29, 0.717) is 19.1 Å². The first-order valence-corrected chi connectivity index (χ1v) is 5.06. The van der Waals surface area contributed by atoms with Crippen molar-refractivity contribution < 1.29 is 78.2 Å². The van der Waals surface area contributed by atoms with Crippen molar-refractivity contribution in [3.63, 3.8) is 0 Å². The molecule has 0 unspecified atom stereocenters. The molecule has 0 aliphatic rings. The second-order valence-electron chi connectivity index (χ2n) is 3.45. The van der Waals surface area contributed by atoms with Gasteiger partial charge in [-0.25, -0.2) is 4.39 Å². The zero-order valence-corrected chi connectivity index (χ0v) is 13.4. The smallest absolute Gasteiger partial charge is 0.496 e. The van der Waals surface area contributed by atoms with Crippen LogP contribution in [-0.4, -0.2) is 27.3 Å². The van der Waals surface area contributed by atoms with Gasteiger partial charge in [-0.3, -0.25) is 0 Å². The number of rotatable bonds is 6. The molecule has 1 aromatic rings. The Hall–Kier alpha value is 0.401. The van der Waals surface area contributed by atoms with Gasteiger partial charge in [-0.15, -0.1) is 0 Å². The van der Waals surface area contributed by atoms with Gasteiger partial charge in [-0.2, -0.15) is 0 Å². The average Bonchev–Trinajstić information content (AvgIpc) is 2.25. The summed E-state index contributed by atoms with van der Waals surface area (Å²) in [6, 6.07) is 2.38. The van der Waals surface area contributed by atoms with Crippen molar-refractivity contribution in [1.29, 1.82) is 0 Å². The van der Waals surface area contributed by atoms with Crippen LogP contribution in [0.5, 0.6) is 5.75 Å². The van der Waals surface area contributed by atoms with Gasteiger partial charge in [0.25, 0.3) is 0 Å². The van der Waals surface area contributed by atoms with Crippen LogP contribution in [0.3, 0.4) is 0 Å². The quantitative estimate of drug-likeness (QED) is 0.392. The maximum absolute atomic E-state index is 12.8. The van der Waals surface area contributed by atoms with E-state index in [4.69, 9.17) is 9.47 Å². The predicted molar refractivity (Wildman–Crippen MR) is 57.1 cm³/mol. The van der Waals surface area contributed by atoms with Crippen molar-refractivity contribution in [2.45, 2.75) is 6.42 Å². The summed E-state index contributed by atoms with van der Waals surface area (Å²) < 4.78 is 60.2. The molecule has 0 radical (unpaired) electrons. The predicted octanol–water partition coefficient (Wildman–Crippen LogP) is -0.701. The molecule has 0 fully saturated rings. The Balaban J connectivity index is 0.00000289. The molecule has 0 aliphatic carbocycles. The van der Waals surface area contributed by atoms with E-state index < -0.39 is 18.3 Å². The third-order valence-electron chi connectivity index (χ3n) is 2.07. The molecule has 1 aromatic carbocycles. The molecular formula is C10H12BF4KO2. The molecule has 0 atom stereocenters. The zero-order chi connectivity index (χ0) is 12.9. The first-order chi connectivity index (χ1) is 7.95. The second-order valence-corrected chi connectivity index (χ2v) is 3.45. The fraction of sp³-hybridized carbons (Fsp3) is 0.400. The number of hydrogen-bond donors (Lipinski definition) is 0. The molecule has 0 saturated heterocycles. The molecule has 0 N–H and O–H groups in total. The molecule has 2 nitrogen and oxygen atoms in total. The number of ether oxygens (including phenoxy) is 2. The average molecular weight is 290 g/mol. The number of benzene rings is 1. The molecule has 0 aliphatic heterocycles. The molecule has 8 heteroatoms. The summed E-state index contributed by atoms with van der Waals surface area (Å²) >= 11 is 0. The summed E-state index contributed by atoms with van der Waals surface area (Å²) in [6.07, 6.45) is 0.470. The van der Waals surface area contributed by atoms with E-state index in [1.54, 1.807) is 0 Å². The molecule has 18 heavy (non-hydrogen) atoms. The first kappa shape index (κ1) is 18.4. The second kappa shape index (κ2) is 8.55. The Kier molecular flexibility index (Phi) is 8.74. The van der Waals surface area contributed by atoms with Gasteiger partial charge < -0.3 is 22.4 Å². The molecular weight excluding hydrogens is 278 g/mol. The minimum Gasteiger partial charge on any atom is -0.496 e. The van der Waals surface area contributed by atoms with Crippen LogP contribution >= 0.6 is 0 Å². The Bertz CT molecular complexity index is 373. The van der Waals surface area contributed by atoms with Crippen LogP contribution in [0.1, 0.15) is 6.42 Å². The van der Waals surface area contributed by atoms with E-state index in [9.17, 15) is 17.3 Å². The van der Waals surface area contributed by atoms with Crippen molar-refractivity contribution in [1.82, 2.24) is 0 Å². The standard InChI is InChI=1S/C10H12BF4O2.K/c1-16-5-2-6-17-10-4-3-8(12)7-9(10)11(13,14)15;/h3-4,7H,2,5-6H2,1H3;/q-1;+1. The van der Waals surface area contributed by atoms with Crippen LogP contribution in [0.15, 0.2) is 18.2 Å². The van der Waals surface area contributed by atoms with Crippen molar-refractivity contribution in [2.24, 2.45) is 0 Å². The van der Waals surface area contributed by atoms with E-state index >= 15 is 0 Å². The third kappa shape index (κ3) is 6.03. The van der Waals surface area contributed by atoms with Crippen LogP contribution in [0, 0.1) is 5.82 Å². The van der Waals surface area contributed by atoms with Crippen LogP contribution in [0.4, 0.5) is 17.3 Å². The van der Waals surface area contributed by atoms with Crippen molar-refractivity contribution in [2.75, 3.05) is 20.3 Å². The minimum absolute atomic E-state index is 0. The van der Waals surface area contributed by atoms with Crippen molar-refractivity contribution >= 4 is 12.4 Å². The molecule has 0 aromatic heterocycles. The normalized spacial score (nSPS) is 10.9. The van der Waals surface area contributed by atoms with Crippen LogP contribution in [0.25, 0.3) is 0 Å². The van der Waals surface area contributed by atoms with Crippen LogP contribution in [-0.2, 0) is 4.74 Å². The third-order valence-corrected chi connectivity index (χ3v) is 2.07. The summed E-state index contributed by atoms with van der Waals surface area (Å²) in [5.41, 5.74) is -1.04. The molecule has 0 heterocycles. The van der Waals surface area contributed by atoms with Crippen molar-refractivity contribution in [3.05, 3.63) is 24.0 Å². The minimum atomic E-state index is -5.28. The fourth-order valence-electron chi connectivity index (χ4n) is 1.29. The van der Waals surface area contributed by atoms with E-state index in [0.717, 1.165) is 12.1 Å². The number of methoxy groups -OCH3 is 1. The molecule has 96 valence electrons. The molecule has 0 bridgehead atoms. The van der Waals surface area contributed by atoms with Gasteiger partial charge in [0.2, 0.25) is 0 Å². The monoisotopic (exact) mass is 290 g/mol. The summed E-state index contributed by atoms with van der Waals surface area (Å²) in [7, 11) is 1.49. The summed E-state index contributed by atoms with van der Waals surface area (Å²) in [6.45, 7) is -4.79. The van der Waals surface area contributed by atoms with Gasteiger partial charge in [0.1, 0.15) is 5.82 Å². The summed E-state index contributed by atoms with van der Waals surface area (Å²) in [5, 5.41) is 0. The SMILES string of the molecule is COCCCOc1ccc(F)cc1[B-](F)(F)F.[K+]. The Morgan fingerprint density at radius 2 is 1.83 bits per heavy atom. The largest absolute Gasteiger partial charge is 1.00 e. The fourth-order valence-corrected chi connectivity index (χ4v) is 1.29. The molecule has 0 spiro atoms. The summed E-state index contributed by atoms with van der Waals surface area (Å²) in [4.78, 5) is 0. The number of hydrogen-bond acceptors (Lipinski definition) is 2. The Morgan fingerprint density at radius 3 is 2.39 bits per heavy atom. The van der Waals surface area contributed by atoms with E-state index in [1.807, 2.05) is 0 Å². The Morgan fingerprint density at radius 1 is 1.17 bits per heavy atom. The van der Waals surface area contributed by atoms with E-state index in [-0.39, 0.29) is 63.7 Å². The van der Waals surface area contributed by atoms with Gasteiger partial charge in [0, 0.05) is 20.1 Å². The molecule has 0 saturated carbocycles. The maximum atomic E-state index is 12.8. The van der Waals surface area contributed by atoms with E-state index in [1.165, 1.54) is 7.11 Å². The molecule has 0 amide bonds. The van der Waals surface area contributed by atoms with Gasteiger partial charge in [-0.1, -0.05) is 5.46 Å². The van der Waals surface area contributed by atoms with Gasteiger partial charge in [0.05, 0.1) is 12.4 Å². The van der Waals surface area contributed by atoms with Crippen LogP contribution in [0.2, 0.25) is 0 Å². The topological polar surface area (TPSA) is 18.5 Å². The van der Waals surface area contributed by atoms with Gasteiger partial charge in [0.15, 0.2) is 0 Å². The van der Waals surface area contributed by atoms with Gasteiger partial charge >= 0.3 is 58.4 Å². The van der Waals surface area contributed by atoms with Gasteiger partial charge in [-0.05, 0) is 18.2 Å². The first-order valence-electron chi connectivity index (χ1n) is 5.06. The van der Waals surface area contributed by atoms with E-state index in [2.05, 4.69) is 0 Å². The zero-order valence-electron chi connectivity index (χ0n) is 10.3. The van der Waals surface area contributed by atoms with Crippen LogP contribution < -0.4 is 61.6 Å². The summed E-state index contributed by atoms with van der Waals surface area (Å²) in [5.74, 6) is -1.27. The maximum Gasteiger partial charge on any atom is 1.00 e. The van der Waals surface area contributed by atoms with Crippen molar-refractivity contribution in [3.8, 4) is 5.75 Å². The molecule has 1 rings (SSSR count).